The van der Waals surface area contributed by atoms with Gasteiger partial charge in [0.25, 0.3) is 0 Å². The number of nitrogens with one attached hydrogen (secondary N) is 2. The summed E-state index contributed by atoms with van der Waals surface area (Å²) in [5.74, 6) is 0. The van der Waals surface area contributed by atoms with Crippen LogP contribution < -0.4 is 10.6 Å². The van der Waals surface area contributed by atoms with Crippen LogP contribution in [0.2, 0.25) is 0 Å². The van der Waals surface area contributed by atoms with Crippen molar-refractivity contribution in [2.45, 2.75) is 32.9 Å². The molecule has 0 amide bonds. The van der Waals surface area contributed by atoms with Crippen LogP contribution in [0.25, 0.3) is 0 Å². The molecule has 1 rings (SSSR count). The molecular formula is C6H13N2Y+2. The van der Waals surface area contributed by atoms with Crippen LogP contribution in [0.1, 0.15) is 20.8 Å². The summed E-state index contributed by atoms with van der Waals surface area (Å²) in [6.45, 7) is 6.41. The third-order valence-corrected chi connectivity index (χ3v) is 1.64. The summed E-state index contributed by atoms with van der Waals surface area (Å²) in [6, 6.07) is 1.19. The van der Waals surface area contributed by atoms with Gasteiger partial charge >= 0.3 is 32.7 Å². The Kier molecular flexibility index (Phi) is 4.48. The zero-order valence-corrected chi connectivity index (χ0v) is 9.07. The molecule has 0 bridgehead atoms. The molecule has 0 spiro atoms. The Labute approximate surface area is 82.0 Å². The van der Waals surface area contributed by atoms with Crippen LogP contribution in [-0.2, 0) is 32.7 Å². The van der Waals surface area contributed by atoms with E-state index in [2.05, 4.69) is 31.4 Å². The largest absolute Gasteiger partial charge is 3.00 e. The molecule has 3 heteroatoms. The van der Waals surface area contributed by atoms with E-state index in [1.807, 2.05) is 0 Å². The van der Waals surface area contributed by atoms with Crippen LogP contribution in [0.4, 0.5) is 0 Å². The van der Waals surface area contributed by atoms with Crippen LogP contribution in [0, 0.1) is 6.17 Å². The van der Waals surface area contributed by atoms with Crippen LogP contribution in [0.15, 0.2) is 0 Å². The minimum atomic E-state index is 0. The van der Waals surface area contributed by atoms with Gasteiger partial charge in [-0.3, -0.25) is 0 Å². The first-order valence-electron chi connectivity index (χ1n) is 3.07. The van der Waals surface area contributed by atoms with E-state index < -0.39 is 0 Å². The molecule has 48 valence electrons. The van der Waals surface area contributed by atoms with Gasteiger partial charge in [0, 0.05) is 0 Å². The van der Waals surface area contributed by atoms with E-state index in [0.29, 0.717) is 12.1 Å². The topological polar surface area (TPSA) is 24.1 Å². The van der Waals surface area contributed by atoms with Gasteiger partial charge in [0.2, 0.25) is 0 Å². The molecule has 0 aliphatic carbocycles. The summed E-state index contributed by atoms with van der Waals surface area (Å²) in [5.41, 5.74) is 0. The summed E-state index contributed by atoms with van der Waals surface area (Å²) in [5, 5.41) is 6.54. The quantitative estimate of drug-likeness (QED) is 0.558. The van der Waals surface area contributed by atoms with Gasteiger partial charge in [0.05, 0.1) is 0 Å². The third kappa shape index (κ3) is 2.62. The fraction of sp³-hybridized carbons (Fsp3) is 0.833. The smallest absolute Gasteiger partial charge is 0.450 e. The Balaban J connectivity index is 0.000000640. The molecule has 1 aliphatic rings. The van der Waals surface area contributed by atoms with Crippen molar-refractivity contribution in [2.75, 3.05) is 0 Å². The van der Waals surface area contributed by atoms with E-state index in [-0.39, 0.29) is 32.7 Å². The van der Waals surface area contributed by atoms with Crippen molar-refractivity contribution in [1.29, 1.82) is 0 Å². The molecule has 0 saturated carbocycles. The molecule has 2 unspecified atom stereocenters. The fourth-order valence-corrected chi connectivity index (χ4v) is 0.975. The Bertz CT molecular complexity index is 77.1. The Morgan fingerprint density at radius 2 is 1.44 bits per heavy atom. The maximum atomic E-state index is 3.27. The number of hydrogen-bond acceptors (Lipinski definition) is 2. The molecule has 1 aliphatic heterocycles. The summed E-state index contributed by atoms with van der Waals surface area (Å²) < 4.78 is 0. The maximum absolute atomic E-state index is 3.27. The van der Waals surface area contributed by atoms with Gasteiger partial charge in [-0.15, -0.1) is 0 Å². The maximum Gasteiger partial charge on any atom is 3.00 e. The molecule has 0 radical (unpaired) electrons. The molecule has 1 fully saturated rings. The summed E-state index contributed by atoms with van der Waals surface area (Å²) in [4.78, 5) is 0. The first kappa shape index (κ1) is 10.0. The zero-order valence-electron chi connectivity index (χ0n) is 6.23. The van der Waals surface area contributed by atoms with E-state index in [1.54, 1.807) is 0 Å². The van der Waals surface area contributed by atoms with E-state index in [9.17, 15) is 0 Å². The van der Waals surface area contributed by atoms with Crippen molar-refractivity contribution in [3.8, 4) is 0 Å². The minimum Gasteiger partial charge on any atom is -0.450 e. The summed E-state index contributed by atoms with van der Waals surface area (Å²) in [6.07, 6.45) is 1.20. The van der Waals surface area contributed by atoms with Crippen molar-refractivity contribution in [2.24, 2.45) is 0 Å². The van der Waals surface area contributed by atoms with Gasteiger partial charge in [-0.05, 0) is 12.1 Å². The molecule has 1 heterocycles. The molecule has 0 aromatic rings. The van der Waals surface area contributed by atoms with Gasteiger partial charge in [-0.25, -0.2) is 0 Å². The monoisotopic (exact) mass is 202 g/mol. The van der Waals surface area contributed by atoms with Crippen LogP contribution >= 0.6 is 0 Å². The minimum absolute atomic E-state index is 0. The van der Waals surface area contributed by atoms with E-state index >= 15 is 0 Å². The average Bonchev–Trinajstić information content (AvgIpc) is 1.85. The number of rotatable bonds is 0. The molecule has 2 nitrogen and oxygen atoms in total. The molecule has 2 atom stereocenters. The predicted molar refractivity (Wildman–Crippen MR) is 34.1 cm³/mol. The van der Waals surface area contributed by atoms with Gasteiger partial charge < -0.3 is 10.6 Å². The Hall–Kier alpha value is 1.02. The van der Waals surface area contributed by atoms with E-state index in [1.165, 1.54) is 6.17 Å². The van der Waals surface area contributed by atoms with Gasteiger partial charge in [0.1, 0.15) is 0 Å². The van der Waals surface area contributed by atoms with E-state index in [0.717, 1.165) is 0 Å². The van der Waals surface area contributed by atoms with Crippen molar-refractivity contribution < 1.29 is 32.7 Å². The van der Waals surface area contributed by atoms with Crippen LogP contribution in [0.5, 0.6) is 0 Å². The second kappa shape index (κ2) is 4.02. The molecule has 1 saturated heterocycles. The SMILES string of the molecule is C[C-]1NC(C)C(C)N1.[Y+3]. The Morgan fingerprint density at radius 1 is 1.11 bits per heavy atom. The fourth-order valence-electron chi connectivity index (χ4n) is 0.975. The molecule has 2 N–H and O–H groups in total. The summed E-state index contributed by atoms with van der Waals surface area (Å²) >= 11 is 0. The number of hydrogen-bond donors (Lipinski definition) is 2. The first-order chi connectivity index (χ1) is 3.70. The third-order valence-electron chi connectivity index (χ3n) is 1.64. The van der Waals surface area contributed by atoms with Crippen molar-refractivity contribution in [3.63, 3.8) is 0 Å². The van der Waals surface area contributed by atoms with Crippen LogP contribution in [0.3, 0.4) is 0 Å². The molecule has 0 aromatic carbocycles. The predicted octanol–water partition coefficient (Wildman–Crippen LogP) is 0.463. The van der Waals surface area contributed by atoms with E-state index in [4.69, 9.17) is 0 Å². The van der Waals surface area contributed by atoms with Crippen molar-refractivity contribution in [1.82, 2.24) is 10.6 Å². The summed E-state index contributed by atoms with van der Waals surface area (Å²) in [7, 11) is 0. The zero-order chi connectivity index (χ0) is 6.15. The standard InChI is InChI=1S/C6H13N2.Y/c1-4-5(2)8-6(3)7-4;/h4-5,7-8H,1-3H3;/q-1;+3. The molecule has 0 aromatic heterocycles. The van der Waals surface area contributed by atoms with Gasteiger partial charge in [-0.2, -0.15) is 13.1 Å². The molecule has 9 heavy (non-hydrogen) atoms. The van der Waals surface area contributed by atoms with Crippen LogP contribution in [-0.4, -0.2) is 12.1 Å². The second-order valence-corrected chi connectivity index (χ2v) is 2.49. The Morgan fingerprint density at radius 3 is 1.56 bits per heavy atom. The van der Waals surface area contributed by atoms with Gasteiger partial charge in [0.15, 0.2) is 0 Å². The molecular weight excluding hydrogens is 189 g/mol. The van der Waals surface area contributed by atoms with Gasteiger partial charge in [-0.1, -0.05) is 13.8 Å². The normalized spacial score (nSPS) is 36.3. The van der Waals surface area contributed by atoms with Crippen molar-refractivity contribution in [3.05, 3.63) is 6.17 Å². The second-order valence-electron chi connectivity index (χ2n) is 2.49. The average molecular weight is 202 g/mol. The van der Waals surface area contributed by atoms with Crippen molar-refractivity contribution >= 4 is 0 Å². The first-order valence-corrected chi connectivity index (χ1v) is 3.07.